The molecule has 0 spiro atoms. The van der Waals surface area contributed by atoms with Gasteiger partial charge in [-0.25, -0.2) is 0 Å². The van der Waals surface area contributed by atoms with Crippen LogP contribution in [0.3, 0.4) is 0 Å². The van der Waals surface area contributed by atoms with E-state index in [9.17, 15) is 9.90 Å². The lowest BCUT2D eigenvalue weighted by Gasteiger charge is -1.98. The smallest absolute Gasteiger partial charge is 0.306 e. The summed E-state index contributed by atoms with van der Waals surface area (Å²) in [6.07, 6.45) is 22.1. The Bertz CT molecular complexity index is 686. The van der Waals surface area contributed by atoms with Gasteiger partial charge in [-0.1, -0.05) is 79.8 Å². The summed E-state index contributed by atoms with van der Waals surface area (Å²) in [4.78, 5) is 11.2. The van der Waals surface area contributed by atoms with E-state index in [0.717, 1.165) is 25.3 Å². The Morgan fingerprint density at radius 1 is 1.00 bits per heavy atom. The van der Waals surface area contributed by atoms with Crippen LogP contribution >= 0.6 is 0 Å². The van der Waals surface area contributed by atoms with Crippen LogP contribution in [0.5, 0.6) is 0 Å². The molecule has 3 heteroatoms. The topological polar surface area (TPSA) is 46.5 Å². The number of carbonyl (C=O) groups excluding carboxylic acids is 1. The Labute approximate surface area is 172 Å². The molecule has 0 saturated heterocycles. The molecule has 3 nitrogen and oxygen atoms in total. The minimum atomic E-state index is -2.72. The first-order valence-corrected chi connectivity index (χ1v) is 9.40. The first-order chi connectivity index (χ1) is 15.1. The van der Waals surface area contributed by atoms with Crippen LogP contribution in [0.4, 0.5) is 0 Å². The Morgan fingerprint density at radius 3 is 2.33 bits per heavy atom. The molecule has 0 aliphatic carbocycles. The Kier molecular flexibility index (Phi) is 12.7. The number of allylic oxidation sites excluding steroid dienone is 10. The average Bonchev–Trinajstić information content (AvgIpc) is 2.70. The molecule has 0 rings (SSSR count). The highest BCUT2D eigenvalue weighted by atomic mass is 16.5. The van der Waals surface area contributed by atoms with Crippen LogP contribution in [0.25, 0.3) is 0 Å². The molecule has 0 amide bonds. The second-order valence-corrected chi connectivity index (χ2v) is 5.63. The van der Waals surface area contributed by atoms with E-state index in [-0.39, 0.29) is 12.4 Å². The normalized spacial score (nSPS) is 17.8. The molecular formula is C24H36O3. The van der Waals surface area contributed by atoms with E-state index in [1.54, 1.807) is 19.1 Å². The van der Waals surface area contributed by atoms with E-state index in [4.69, 9.17) is 11.6 Å². The number of hydrogen-bond donors (Lipinski definition) is 1. The number of rotatable bonds is 15. The van der Waals surface area contributed by atoms with Gasteiger partial charge in [-0.15, -0.1) is 0 Å². The average molecular weight is 378 g/mol. The zero-order chi connectivity index (χ0) is 24.3. The number of carbonyl (C=O) groups is 1. The van der Waals surface area contributed by atoms with Crippen LogP contribution in [-0.4, -0.2) is 23.8 Å². The van der Waals surface area contributed by atoms with E-state index in [1.165, 1.54) is 6.08 Å². The second-order valence-electron chi connectivity index (χ2n) is 5.63. The van der Waals surface area contributed by atoms with Crippen molar-refractivity contribution in [3.63, 3.8) is 0 Å². The first-order valence-electron chi connectivity index (χ1n) is 11.9. The van der Waals surface area contributed by atoms with Crippen molar-refractivity contribution in [3.05, 3.63) is 72.9 Å². The van der Waals surface area contributed by atoms with Gasteiger partial charge in [0.1, 0.15) is 0 Å². The van der Waals surface area contributed by atoms with E-state index >= 15 is 0 Å². The number of ether oxygens (including phenoxy) is 1. The molecule has 0 bridgehead atoms. The van der Waals surface area contributed by atoms with E-state index < -0.39 is 19.3 Å². The van der Waals surface area contributed by atoms with Gasteiger partial charge in [0, 0.05) is 13.3 Å². The molecule has 0 unspecified atom stereocenters. The number of aliphatic hydroxyl groups is 1. The minimum absolute atomic E-state index is 0.146. The Hall–Kier alpha value is -2.13. The predicted octanol–water partition coefficient (Wildman–Crippen LogP) is 6.00. The molecule has 0 aliphatic heterocycles. The monoisotopic (exact) mass is 377 g/mol. The molecule has 0 heterocycles. The summed E-state index contributed by atoms with van der Waals surface area (Å²) in [6, 6.07) is 0. The van der Waals surface area contributed by atoms with Crippen LogP contribution in [0.2, 0.25) is 0 Å². The van der Waals surface area contributed by atoms with Crippen LogP contribution < -0.4 is 0 Å². The number of esters is 1. The van der Waals surface area contributed by atoms with E-state index in [1.807, 2.05) is 30.4 Å². The molecule has 0 aromatic rings. The molecule has 1 N–H and O–H groups in total. The minimum Gasteiger partial charge on any atom is -0.466 e. The maximum Gasteiger partial charge on any atom is 0.306 e. The molecule has 0 saturated carbocycles. The van der Waals surface area contributed by atoms with Crippen molar-refractivity contribution in [1.29, 1.82) is 0 Å². The lowest BCUT2D eigenvalue weighted by atomic mass is 10.2. The summed E-state index contributed by atoms with van der Waals surface area (Å²) in [5.41, 5.74) is 0. The summed E-state index contributed by atoms with van der Waals surface area (Å²) in [5.74, 6) is -0.162. The third-order valence-corrected chi connectivity index (χ3v) is 3.30. The van der Waals surface area contributed by atoms with Crippen LogP contribution in [0.15, 0.2) is 72.9 Å². The zero-order valence-corrected chi connectivity index (χ0v) is 16.2. The van der Waals surface area contributed by atoms with Crippen LogP contribution in [0, 0.1) is 0 Å². The van der Waals surface area contributed by atoms with Crippen LogP contribution in [0.1, 0.15) is 65.5 Å². The lowest BCUT2D eigenvalue weighted by molar-refractivity contribution is -0.143. The molecule has 0 aliphatic rings. The van der Waals surface area contributed by atoms with Crippen LogP contribution in [-0.2, 0) is 9.53 Å². The Balaban J connectivity index is 3.92. The van der Waals surface area contributed by atoms with Gasteiger partial charge in [-0.2, -0.15) is 0 Å². The quantitative estimate of drug-likeness (QED) is 0.216. The fraction of sp³-hybridized carbons (Fsp3) is 0.458. The number of hydrogen-bond acceptors (Lipinski definition) is 3. The van der Waals surface area contributed by atoms with Crippen molar-refractivity contribution in [1.82, 2.24) is 0 Å². The number of aliphatic hydroxyl groups excluding tert-OH is 1. The molecule has 27 heavy (non-hydrogen) atoms. The summed E-state index contributed by atoms with van der Waals surface area (Å²) in [5, 5.41) is 9.80. The lowest BCUT2D eigenvalue weighted by Crippen LogP contribution is -2.02. The molecule has 0 aromatic carbocycles. The van der Waals surface area contributed by atoms with Crippen molar-refractivity contribution in [2.24, 2.45) is 0 Å². The fourth-order valence-electron chi connectivity index (χ4n) is 1.96. The van der Waals surface area contributed by atoms with Crippen molar-refractivity contribution in [2.45, 2.75) is 64.8 Å². The van der Waals surface area contributed by atoms with Gasteiger partial charge in [-0.3, -0.25) is 4.79 Å². The van der Waals surface area contributed by atoms with Gasteiger partial charge in [0.25, 0.3) is 0 Å². The van der Waals surface area contributed by atoms with Gasteiger partial charge in [0.05, 0.1) is 12.7 Å². The third kappa shape index (κ3) is 20.0. The standard InChI is InChI=1S/C24H36O3/c1-3-5-17-20-23(25)21-18-15-13-11-9-7-6-8-10-12-14-16-19-22-24(26)27-4-2/h5,7-10,13-18,21,23,25H,3-4,6,11-12,19-20,22H2,1-2H3/b9-7-,10-8-,15-13-,16-14-,17-5-,21-18+/t23-/m0/s1/i1D3,3D2. The van der Waals surface area contributed by atoms with Crippen molar-refractivity contribution < 1.29 is 21.5 Å². The van der Waals surface area contributed by atoms with Crippen molar-refractivity contribution in [2.75, 3.05) is 6.61 Å². The second kappa shape index (κ2) is 20.2. The maximum absolute atomic E-state index is 11.2. The molecule has 0 radical (unpaired) electrons. The summed E-state index contributed by atoms with van der Waals surface area (Å²) < 4.78 is 41.1. The van der Waals surface area contributed by atoms with Crippen molar-refractivity contribution >= 4 is 5.97 Å². The molecular weight excluding hydrogens is 336 g/mol. The molecule has 0 aromatic heterocycles. The zero-order valence-electron chi connectivity index (χ0n) is 21.2. The van der Waals surface area contributed by atoms with Gasteiger partial charge >= 0.3 is 5.97 Å². The van der Waals surface area contributed by atoms with E-state index in [2.05, 4.69) is 18.2 Å². The predicted molar refractivity (Wildman–Crippen MR) is 115 cm³/mol. The van der Waals surface area contributed by atoms with Gasteiger partial charge in [0.2, 0.25) is 0 Å². The highest BCUT2D eigenvalue weighted by Crippen LogP contribution is 1.99. The molecule has 150 valence electrons. The molecule has 0 fully saturated rings. The highest BCUT2D eigenvalue weighted by Gasteiger charge is 1.97. The Morgan fingerprint density at radius 2 is 1.67 bits per heavy atom. The van der Waals surface area contributed by atoms with Gasteiger partial charge in [-0.05, 0) is 45.4 Å². The van der Waals surface area contributed by atoms with E-state index in [0.29, 0.717) is 19.4 Å². The summed E-state index contributed by atoms with van der Waals surface area (Å²) in [7, 11) is 0. The highest BCUT2D eigenvalue weighted by molar-refractivity contribution is 5.69. The van der Waals surface area contributed by atoms with Gasteiger partial charge in [0.15, 0.2) is 0 Å². The van der Waals surface area contributed by atoms with Crippen molar-refractivity contribution in [3.8, 4) is 0 Å². The summed E-state index contributed by atoms with van der Waals surface area (Å²) >= 11 is 0. The summed E-state index contributed by atoms with van der Waals surface area (Å²) in [6.45, 7) is -0.502. The SMILES string of the molecule is [2H]C([2H])([2H])C([2H])([2H])/C=C\C[C@H](O)/C=C/C=C\C/C=C\C/C=C\C/C=C\CCC(=O)OCC. The van der Waals surface area contributed by atoms with Gasteiger partial charge < -0.3 is 9.84 Å². The largest absolute Gasteiger partial charge is 0.466 e. The third-order valence-electron chi connectivity index (χ3n) is 3.30. The first kappa shape index (κ1) is 17.0. The fourth-order valence-corrected chi connectivity index (χ4v) is 1.96. The molecule has 1 atom stereocenters. The maximum atomic E-state index is 11.2.